The van der Waals surface area contributed by atoms with Crippen molar-refractivity contribution in [2.75, 3.05) is 0 Å². The Bertz CT molecular complexity index is 149. The van der Waals surface area contributed by atoms with Gasteiger partial charge in [0.1, 0.15) is 0 Å². The van der Waals surface area contributed by atoms with E-state index in [2.05, 4.69) is 19.1 Å². The fourth-order valence-electron chi connectivity index (χ4n) is 0.591. The summed E-state index contributed by atoms with van der Waals surface area (Å²) in [6, 6.07) is 11.8. The monoisotopic (exact) mass is 182 g/mol. The summed E-state index contributed by atoms with van der Waals surface area (Å²) in [6.07, 6.45) is 1.05. The molecule has 0 radical (unpaired) electrons. The molecule has 0 amide bonds. The molecule has 1 rings (SSSR count). The van der Waals surface area contributed by atoms with Crippen LogP contribution >= 0.6 is 0 Å². The molecule has 10 heavy (non-hydrogen) atoms. The van der Waals surface area contributed by atoms with Gasteiger partial charge in [-0.05, 0) is 0 Å². The maximum absolute atomic E-state index is 3.09. The molecule has 1 aromatic rings. The van der Waals surface area contributed by atoms with E-state index in [-0.39, 0.29) is 103 Å². The first-order chi connectivity index (χ1) is 3.93. The van der Waals surface area contributed by atoms with Crippen LogP contribution in [0.4, 0.5) is 0 Å². The summed E-state index contributed by atoms with van der Waals surface area (Å²) >= 11 is 0. The number of rotatable bonds is 1. The van der Waals surface area contributed by atoms with Crippen molar-refractivity contribution < 1.29 is 103 Å². The minimum Gasteiger partial charge on any atom is -0.319 e. The Morgan fingerprint density at radius 2 is 2.00 bits per heavy atom. The minimum atomic E-state index is 0. The number of benzene rings is 1. The quantitative estimate of drug-likeness (QED) is 0.306. The molecule has 1 aromatic carbocycles. The first-order valence-electron chi connectivity index (χ1n) is 2.80. The average molecular weight is 182 g/mol. The van der Waals surface area contributed by atoms with Gasteiger partial charge in [0, 0.05) is 0 Å². The third-order valence-corrected chi connectivity index (χ3v) is 1.09. The fraction of sp³-hybridized carbons (Fsp3) is 0.250. The Hall–Kier alpha value is 2.49. The van der Waals surface area contributed by atoms with Crippen LogP contribution in [-0.4, -0.2) is 0 Å². The van der Waals surface area contributed by atoms with E-state index in [0.717, 1.165) is 6.42 Å². The third-order valence-electron chi connectivity index (χ3n) is 1.09. The second kappa shape index (κ2) is 9.58. The molecule has 0 saturated heterocycles. The Morgan fingerprint density at radius 3 is 2.30 bits per heavy atom. The topological polar surface area (TPSA) is 0 Å². The van der Waals surface area contributed by atoms with Crippen LogP contribution in [0.5, 0.6) is 0 Å². The van der Waals surface area contributed by atoms with Gasteiger partial charge in [-0.2, -0.15) is 0 Å². The predicted octanol–water partition coefficient (Wildman–Crippen LogP) is -4.14. The molecule has 0 aliphatic heterocycles. The molecule has 0 unspecified atom stereocenters. The van der Waals surface area contributed by atoms with Gasteiger partial charge in [-0.3, -0.25) is 23.8 Å². The van der Waals surface area contributed by atoms with E-state index < -0.39 is 0 Å². The summed E-state index contributed by atoms with van der Waals surface area (Å²) in [5.74, 6) is 0. The van der Waals surface area contributed by atoms with Crippen LogP contribution in [0.3, 0.4) is 0 Å². The number of hydrogen-bond donors (Lipinski definition) is 0. The summed E-state index contributed by atoms with van der Waals surface area (Å²) in [5.41, 5.74) is 1.23. The molecule has 0 aromatic heterocycles. The molecule has 0 heterocycles. The van der Waals surface area contributed by atoms with E-state index in [1.165, 1.54) is 5.56 Å². The molecule has 2 heteroatoms. The third kappa shape index (κ3) is 6.06. The second-order valence-electron chi connectivity index (χ2n) is 1.67. The number of hydrogen-bond acceptors (Lipinski definition) is 0. The molecule has 42 valence electrons. The van der Waals surface area contributed by atoms with E-state index in [4.69, 9.17) is 0 Å². The van der Waals surface area contributed by atoms with Crippen molar-refractivity contribution in [2.45, 2.75) is 13.3 Å². The zero-order valence-corrected chi connectivity index (χ0v) is 13.2. The first-order valence-corrected chi connectivity index (χ1v) is 2.80. The Labute approximate surface area is 148 Å². The molecule has 0 spiro atoms. The van der Waals surface area contributed by atoms with E-state index >= 15 is 0 Å². The summed E-state index contributed by atoms with van der Waals surface area (Å²) < 4.78 is 0. The van der Waals surface area contributed by atoms with Crippen LogP contribution < -0.4 is 103 Å². The van der Waals surface area contributed by atoms with Crippen LogP contribution in [0.2, 0.25) is 0 Å². The van der Waals surface area contributed by atoms with Gasteiger partial charge in [-0.1, -0.05) is 13.3 Å². The largest absolute Gasteiger partial charge is 1.00 e. The van der Waals surface area contributed by atoms with Gasteiger partial charge in [0.05, 0.1) is 0 Å². The van der Waals surface area contributed by atoms with E-state index in [0.29, 0.717) is 0 Å². The zero-order valence-electron chi connectivity index (χ0n) is 6.94. The van der Waals surface area contributed by atoms with E-state index in [1.54, 1.807) is 0 Å². The molecule has 0 aliphatic rings. The van der Waals surface area contributed by atoms with Crippen molar-refractivity contribution in [3.8, 4) is 0 Å². The van der Waals surface area contributed by atoms with Gasteiger partial charge in [0.25, 0.3) is 0 Å². The molecular formula is C8H8K2. The van der Waals surface area contributed by atoms with Gasteiger partial charge in [-0.15, -0.1) is 0 Å². The smallest absolute Gasteiger partial charge is 0.319 e. The van der Waals surface area contributed by atoms with Crippen molar-refractivity contribution in [3.05, 3.63) is 35.9 Å². The predicted molar refractivity (Wildman–Crippen MR) is 33.5 cm³/mol. The fourth-order valence-corrected chi connectivity index (χ4v) is 0.591. The zero-order chi connectivity index (χ0) is 5.82. The van der Waals surface area contributed by atoms with Crippen molar-refractivity contribution in [1.29, 1.82) is 0 Å². The van der Waals surface area contributed by atoms with Crippen molar-refractivity contribution in [3.63, 3.8) is 0 Å². The van der Waals surface area contributed by atoms with E-state index in [1.807, 2.05) is 18.2 Å². The summed E-state index contributed by atoms with van der Waals surface area (Å²) in [7, 11) is 0. The van der Waals surface area contributed by atoms with Crippen molar-refractivity contribution in [1.82, 2.24) is 0 Å². The van der Waals surface area contributed by atoms with Crippen LogP contribution in [0, 0.1) is 12.1 Å². The van der Waals surface area contributed by atoms with Gasteiger partial charge in [0.15, 0.2) is 0 Å². The van der Waals surface area contributed by atoms with E-state index in [9.17, 15) is 0 Å². The van der Waals surface area contributed by atoms with Gasteiger partial charge < -0.3 is 12.1 Å². The van der Waals surface area contributed by atoms with Gasteiger partial charge in [0.2, 0.25) is 0 Å². The minimum absolute atomic E-state index is 0. The Kier molecular flexibility index (Phi) is 14.4. The van der Waals surface area contributed by atoms with Crippen LogP contribution in [0.15, 0.2) is 18.2 Å². The molecule has 0 bridgehead atoms. The Balaban J connectivity index is 0. The standard InChI is InChI=1S/C8H8.2K/c1-2-8-6-4-3-5-7-8;;/h3-4,7H,2H2,1H3;;/q-2;2*+1. The van der Waals surface area contributed by atoms with Gasteiger partial charge >= 0.3 is 103 Å². The molecular weight excluding hydrogens is 174 g/mol. The number of aryl methyl sites for hydroxylation is 1. The molecule has 0 aliphatic carbocycles. The summed E-state index contributed by atoms with van der Waals surface area (Å²) in [6.45, 7) is 2.11. The summed E-state index contributed by atoms with van der Waals surface area (Å²) in [4.78, 5) is 0. The Morgan fingerprint density at radius 1 is 1.30 bits per heavy atom. The van der Waals surface area contributed by atoms with Gasteiger partial charge in [-0.25, -0.2) is 0 Å². The molecule has 0 fully saturated rings. The first kappa shape index (κ1) is 15.0. The average Bonchev–Trinajstić information content (AvgIpc) is 1.90. The molecule has 0 atom stereocenters. The molecule has 0 N–H and O–H groups in total. The summed E-state index contributed by atoms with van der Waals surface area (Å²) in [5, 5.41) is 0. The second-order valence-corrected chi connectivity index (χ2v) is 1.67. The maximum Gasteiger partial charge on any atom is 1.00 e. The molecule has 0 nitrogen and oxygen atoms in total. The van der Waals surface area contributed by atoms with Crippen LogP contribution in [-0.2, 0) is 6.42 Å². The van der Waals surface area contributed by atoms with Crippen LogP contribution in [0.25, 0.3) is 0 Å². The normalized spacial score (nSPS) is 7.30. The maximum atomic E-state index is 3.09. The van der Waals surface area contributed by atoms with Crippen molar-refractivity contribution >= 4 is 0 Å². The van der Waals surface area contributed by atoms with Crippen LogP contribution in [0.1, 0.15) is 12.5 Å². The SMILES string of the molecule is CCc1[c-]cc[c-]c1.[K+].[K+]. The van der Waals surface area contributed by atoms with Crippen molar-refractivity contribution in [2.24, 2.45) is 0 Å². The molecule has 0 saturated carbocycles.